The van der Waals surface area contributed by atoms with Crippen molar-refractivity contribution in [3.8, 4) is 11.5 Å². The molecule has 3 aromatic rings. The maximum atomic E-state index is 12.9. The molecule has 170 valence electrons. The van der Waals surface area contributed by atoms with Crippen LogP contribution in [0.5, 0.6) is 11.5 Å². The van der Waals surface area contributed by atoms with Crippen LogP contribution in [-0.2, 0) is 6.18 Å². The summed E-state index contributed by atoms with van der Waals surface area (Å²) in [6.45, 7) is 1.91. The van der Waals surface area contributed by atoms with Crippen LogP contribution in [0.25, 0.3) is 10.2 Å². The fourth-order valence-electron chi connectivity index (χ4n) is 3.49. The first kappa shape index (κ1) is 22.0. The number of alkyl halides is 3. The summed E-state index contributed by atoms with van der Waals surface area (Å²) in [5, 5.41) is 3.35. The van der Waals surface area contributed by atoms with E-state index in [0.717, 1.165) is 27.5 Å². The fourth-order valence-corrected chi connectivity index (χ4v) is 4.61. The van der Waals surface area contributed by atoms with E-state index < -0.39 is 17.8 Å². The van der Waals surface area contributed by atoms with Crippen molar-refractivity contribution in [1.29, 1.82) is 0 Å². The third-order valence-electron chi connectivity index (χ3n) is 5.18. The summed E-state index contributed by atoms with van der Waals surface area (Å²) in [4.78, 5) is 20.9. The molecule has 4 rings (SSSR count). The van der Waals surface area contributed by atoms with Crippen molar-refractivity contribution in [3.05, 3.63) is 42.0 Å². The van der Waals surface area contributed by atoms with Crippen molar-refractivity contribution in [1.82, 2.24) is 9.88 Å². The average molecular weight is 466 g/mol. The van der Waals surface area contributed by atoms with Crippen molar-refractivity contribution in [2.75, 3.05) is 50.6 Å². The van der Waals surface area contributed by atoms with Gasteiger partial charge in [0.1, 0.15) is 21.7 Å². The second kappa shape index (κ2) is 8.73. The van der Waals surface area contributed by atoms with E-state index in [2.05, 4.69) is 10.2 Å². The minimum atomic E-state index is -4.46. The van der Waals surface area contributed by atoms with Gasteiger partial charge in [0.25, 0.3) is 0 Å². The zero-order chi connectivity index (χ0) is 22.9. The van der Waals surface area contributed by atoms with Gasteiger partial charge in [0.15, 0.2) is 5.13 Å². The Balaban J connectivity index is 1.43. The Labute approximate surface area is 186 Å². The highest BCUT2D eigenvalue weighted by Crippen LogP contribution is 2.40. The van der Waals surface area contributed by atoms with Crippen LogP contribution in [-0.4, -0.2) is 56.3 Å². The molecular formula is C21H21F3N4O3S. The van der Waals surface area contributed by atoms with Gasteiger partial charge in [0, 0.05) is 31.9 Å². The topological polar surface area (TPSA) is 66.9 Å². The highest BCUT2D eigenvalue weighted by Gasteiger charge is 2.31. The van der Waals surface area contributed by atoms with Gasteiger partial charge < -0.3 is 24.6 Å². The highest BCUT2D eigenvalue weighted by atomic mass is 32.1. The van der Waals surface area contributed by atoms with Crippen molar-refractivity contribution < 1.29 is 27.4 Å². The van der Waals surface area contributed by atoms with Crippen LogP contribution in [0.2, 0.25) is 0 Å². The lowest BCUT2D eigenvalue weighted by atomic mass is 10.2. The third-order valence-corrected chi connectivity index (χ3v) is 6.31. The summed E-state index contributed by atoms with van der Waals surface area (Å²) in [7, 11) is 3.19. The first-order valence-electron chi connectivity index (χ1n) is 9.80. The zero-order valence-electron chi connectivity index (χ0n) is 17.4. The summed E-state index contributed by atoms with van der Waals surface area (Å²) >= 11 is 1.48. The number of carbonyl (C=O) groups excluding carboxylic acids is 1. The first-order chi connectivity index (χ1) is 15.3. The fraction of sp³-hybridized carbons (Fsp3) is 0.333. The molecule has 1 aliphatic heterocycles. The van der Waals surface area contributed by atoms with Crippen molar-refractivity contribution in [2.45, 2.75) is 6.18 Å². The van der Waals surface area contributed by atoms with Crippen LogP contribution in [0.15, 0.2) is 36.4 Å². The molecule has 0 unspecified atom stereocenters. The van der Waals surface area contributed by atoms with Crippen molar-refractivity contribution >= 4 is 38.4 Å². The lowest BCUT2D eigenvalue weighted by Crippen LogP contribution is -2.50. The molecule has 1 aliphatic rings. The number of aromatic nitrogens is 1. The van der Waals surface area contributed by atoms with Gasteiger partial charge in [-0.15, -0.1) is 0 Å². The van der Waals surface area contributed by atoms with Crippen LogP contribution >= 0.6 is 11.3 Å². The molecule has 2 heterocycles. The third kappa shape index (κ3) is 4.38. The van der Waals surface area contributed by atoms with E-state index in [0.29, 0.717) is 37.7 Å². The molecule has 0 saturated carbocycles. The number of rotatable bonds is 4. The Morgan fingerprint density at radius 1 is 1.06 bits per heavy atom. The van der Waals surface area contributed by atoms with E-state index in [4.69, 9.17) is 14.5 Å². The first-order valence-corrected chi connectivity index (χ1v) is 10.6. The Hall–Kier alpha value is -3.21. The second-order valence-corrected chi connectivity index (χ2v) is 8.10. The highest BCUT2D eigenvalue weighted by molar-refractivity contribution is 7.22. The van der Waals surface area contributed by atoms with Crippen LogP contribution < -0.4 is 19.7 Å². The second-order valence-electron chi connectivity index (χ2n) is 7.13. The number of amides is 2. The van der Waals surface area contributed by atoms with Crippen LogP contribution in [0.1, 0.15) is 5.56 Å². The number of hydrogen-bond acceptors (Lipinski definition) is 6. The number of nitrogens with zero attached hydrogens (tertiary/aromatic N) is 3. The maximum Gasteiger partial charge on any atom is 0.416 e. The monoisotopic (exact) mass is 466 g/mol. The van der Waals surface area contributed by atoms with E-state index in [1.54, 1.807) is 25.2 Å². The van der Waals surface area contributed by atoms with Gasteiger partial charge in [-0.3, -0.25) is 0 Å². The SMILES string of the molecule is COc1ccc(OC)c2sc(N3CCN(C(=O)Nc4cccc(C(F)(F)F)c4)CC3)nc12. The largest absolute Gasteiger partial charge is 0.495 e. The summed E-state index contributed by atoms with van der Waals surface area (Å²) in [6, 6.07) is 7.81. The molecule has 0 aliphatic carbocycles. The molecule has 0 bridgehead atoms. The summed E-state index contributed by atoms with van der Waals surface area (Å²) in [6.07, 6.45) is -4.46. The summed E-state index contributed by atoms with van der Waals surface area (Å²) < 4.78 is 50.4. The molecule has 1 N–H and O–H groups in total. The number of piperazine rings is 1. The normalized spacial score (nSPS) is 14.5. The van der Waals surface area contributed by atoms with E-state index in [1.165, 1.54) is 23.5 Å². The molecule has 11 heteroatoms. The number of nitrogens with one attached hydrogen (secondary N) is 1. The van der Waals surface area contributed by atoms with Crippen LogP contribution in [0, 0.1) is 0 Å². The minimum absolute atomic E-state index is 0.109. The number of benzene rings is 2. The molecule has 2 aromatic carbocycles. The van der Waals surface area contributed by atoms with Gasteiger partial charge in [-0.05, 0) is 30.3 Å². The van der Waals surface area contributed by atoms with E-state index >= 15 is 0 Å². The lowest BCUT2D eigenvalue weighted by molar-refractivity contribution is -0.137. The maximum absolute atomic E-state index is 12.9. The molecular weight excluding hydrogens is 445 g/mol. The Morgan fingerprint density at radius 3 is 2.41 bits per heavy atom. The van der Waals surface area contributed by atoms with Gasteiger partial charge >= 0.3 is 12.2 Å². The van der Waals surface area contributed by atoms with Crippen molar-refractivity contribution in [3.63, 3.8) is 0 Å². The van der Waals surface area contributed by atoms with Gasteiger partial charge in [0.2, 0.25) is 0 Å². The molecule has 32 heavy (non-hydrogen) atoms. The van der Waals surface area contributed by atoms with Crippen molar-refractivity contribution in [2.24, 2.45) is 0 Å². The molecule has 7 nitrogen and oxygen atoms in total. The number of fused-ring (bicyclic) bond motifs is 1. The lowest BCUT2D eigenvalue weighted by Gasteiger charge is -2.34. The number of halogens is 3. The minimum Gasteiger partial charge on any atom is -0.495 e. The smallest absolute Gasteiger partial charge is 0.416 e. The number of ether oxygens (including phenoxy) is 2. The van der Waals surface area contributed by atoms with Gasteiger partial charge in [-0.1, -0.05) is 17.4 Å². The predicted octanol–water partition coefficient (Wildman–Crippen LogP) is 4.69. The number of hydrogen-bond donors (Lipinski definition) is 1. The van der Waals surface area contributed by atoms with E-state index in [9.17, 15) is 18.0 Å². The molecule has 0 atom stereocenters. The molecule has 2 amide bonds. The van der Waals surface area contributed by atoms with Crippen LogP contribution in [0.3, 0.4) is 0 Å². The summed E-state index contributed by atoms with van der Waals surface area (Å²) in [5.74, 6) is 1.37. The quantitative estimate of drug-likeness (QED) is 0.605. The number of carbonyl (C=O) groups is 1. The molecule has 0 spiro atoms. The summed E-state index contributed by atoms with van der Waals surface area (Å²) in [5.41, 5.74) is 0.0241. The van der Waals surface area contributed by atoms with Gasteiger partial charge in [-0.2, -0.15) is 13.2 Å². The average Bonchev–Trinajstić information content (AvgIpc) is 3.24. The molecule has 0 radical (unpaired) electrons. The Bertz CT molecular complexity index is 1090. The standard InChI is InChI=1S/C21H21F3N4O3S/c1-30-15-6-7-16(31-2)18-17(15)26-20(32-18)28-10-8-27(9-11-28)19(29)25-14-5-3-4-13(12-14)21(22,23)24/h3-7,12H,8-11H2,1-2H3,(H,25,29). The molecule has 1 saturated heterocycles. The number of urea groups is 1. The number of anilines is 2. The van der Waals surface area contributed by atoms with Crippen LogP contribution in [0.4, 0.5) is 28.8 Å². The zero-order valence-corrected chi connectivity index (χ0v) is 18.2. The number of methoxy groups -OCH3 is 2. The number of thiazole rings is 1. The van der Waals surface area contributed by atoms with Gasteiger partial charge in [0.05, 0.1) is 19.8 Å². The Morgan fingerprint density at radius 2 is 1.75 bits per heavy atom. The molecule has 1 aromatic heterocycles. The van der Waals surface area contributed by atoms with E-state index in [1.807, 2.05) is 6.07 Å². The Kier molecular flexibility index (Phi) is 6.00. The van der Waals surface area contributed by atoms with Gasteiger partial charge in [-0.25, -0.2) is 9.78 Å². The molecule has 1 fully saturated rings. The van der Waals surface area contributed by atoms with E-state index in [-0.39, 0.29) is 5.69 Å². The predicted molar refractivity (Wildman–Crippen MR) is 117 cm³/mol.